The summed E-state index contributed by atoms with van der Waals surface area (Å²) in [5.74, 6) is -0.602. The summed E-state index contributed by atoms with van der Waals surface area (Å²) in [5.41, 5.74) is 2.64. The molecule has 132 valence electrons. The van der Waals surface area contributed by atoms with E-state index in [0.717, 1.165) is 4.31 Å². The number of phenols is 1. The van der Waals surface area contributed by atoms with E-state index in [2.05, 4.69) is 10.5 Å². The summed E-state index contributed by atoms with van der Waals surface area (Å²) >= 11 is 5.74. The fraction of sp³-hybridized carbons (Fsp3) is 0.125. The SMILES string of the molecule is CN(CC(=O)N/N=C\c1ccccc1O)S(=O)(=O)c1ccc(Cl)cc1. The zero-order valence-electron chi connectivity index (χ0n) is 13.3. The van der Waals surface area contributed by atoms with E-state index >= 15 is 0 Å². The van der Waals surface area contributed by atoms with E-state index in [9.17, 15) is 18.3 Å². The van der Waals surface area contributed by atoms with Crippen LogP contribution in [0.2, 0.25) is 5.02 Å². The number of para-hydroxylation sites is 1. The summed E-state index contributed by atoms with van der Waals surface area (Å²) in [4.78, 5) is 11.9. The third-order valence-corrected chi connectivity index (χ3v) is 5.29. The highest BCUT2D eigenvalue weighted by molar-refractivity contribution is 7.89. The van der Waals surface area contributed by atoms with E-state index in [0.29, 0.717) is 10.6 Å². The number of nitrogens with one attached hydrogen (secondary N) is 1. The number of amides is 1. The Morgan fingerprint density at radius 3 is 2.52 bits per heavy atom. The number of halogens is 1. The molecule has 0 spiro atoms. The molecule has 0 aliphatic carbocycles. The van der Waals surface area contributed by atoms with Gasteiger partial charge in [0.1, 0.15) is 5.75 Å². The van der Waals surface area contributed by atoms with Gasteiger partial charge in [0.05, 0.1) is 17.7 Å². The van der Waals surface area contributed by atoms with Crippen LogP contribution in [0.5, 0.6) is 5.75 Å². The Morgan fingerprint density at radius 1 is 1.24 bits per heavy atom. The zero-order chi connectivity index (χ0) is 18.4. The van der Waals surface area contributed by atoms with Crippen LogP contribution in [0, 0.1) is 0 Å². The minimum Gasteiger partial charge on any atom is -0.507 e. The summed E-state index contributed by atoms with van der Waals surface area (Å²) in [6.07, 6.45) is 1.26. The van der Waals surface area contributed by atoms with Crippen molar-refractivity contribution in [3.8, 4) is 5.75 Å². The lowest BCUT2D eigenvalue weighted by Gasteiger charge is -2.16. The van der Waals surface area contributed by atoms with Crippen molar-refractivity contribution in [3.05, 3.63) is 59.1 Å². The Labute approximate surface area is 150 Å². The maximum atomic E-state index is 12.4. The highest BCUT2D eigenvalue weighted by Gasteiger charge is 2.22. The van der Waals surface area contributed by atoms with Crippen molar-refractivity contribution in [1.82, 2.24) is 9.73 Å². The second-order valence-corrected chi connectivity index (χ2v) is 7.55. The number of hydrogen-bond donors (Lipinski definition) is 2. The minimum atomic E-state index is -3.81. The first-order valence-corrected chi connectivity index (χ1v) is 8.94. The lowest BCUT2D eigenvalue weighted by atomic mass is 10.2. The first-order chi connectivity index (χ1) is 11.8. The number of sulfonamides is 1. The molecule has 0 aromatic heterocycles. The number of hydrazone groups is 1. The average Bonchev–Trinajstić information content (AvgIpc) is 2.57. The van der Waals surface area contributed by atoms with Crippen molar-refractivity contribution in [1.29, 1.82) is 0 Å². The van der Waals surface area contributed by atoms with E-state index in [1.165, 1.54) is 43.6 Å². The maximum Gasteiger partial charge on any atom is 0.255 e. The standard InChI is InChI=1S/C16H16ClN3O4S/c1-20(25(23,24)14-8-6-13(17)7-9-14)11-16(22)19-18-10-12-4-2-3-5-15(12)21/h2-10,21H,11H2,1H3,(H,19,22)/b18-10-. The van der Waals surface area contributed by atoms with Crippen LogP contribution in [-0.2, 0) is 14.8 Å². The van der Waals surface area contributed by atoms with Crippen molar-refractivity contribution in [2.45, 2.75) is 4.90 Å². The van der Waals surface area contributed by atoms with E-state index < -0.39 is 22.5 Å². The van der Waals surface area contributed by atoms with Crippen molar-refractivity contribution in [2.24, 2.45) is 5.10 Å². The molecule has 1 amide bonds. The second kappa shape index (κ2) is 8.11. The predicted octanol–water partition coefficient (Wildman–Crippen LogP) is 1.82. The molecule has 2 N–H and O–H groups in total. The molecule has 2 aromatic carbocycles. The lowest BCUT2D eigenvalue weighted by Crippen LogP contribution is -2.36. The van der Waals surface area contributed by atoms with Crippen LogP contribution in [0.1, 0.15) is 5.56 Å². The number of phenolic OH excluding ortho intramolecular Hbond substituents is 1. The molecule has 0 saturated carbocycles. The van der Waals surface area contributed by atoms with Crippen LogP contribution in [0.25, 0.3) is 0 Å². The van der Waals surface area contributed by atoms with E-state index in [-0.39, 0.29) is 10.6 Å². The highest BCUT2D eigenvalue weighted by Crippen LogP contribution is 2.17. The van der Waals surface area contributed by atoms with Gasteiger partial charge in [0.25, 0.3) is 5.91 Å². The third-order valence-electron chi connectivity index (χ3n) is 3.22. The highest BCUT2D eigenvalue weighted by atomic mass is 35.5. The smallest absolute Gasteiger partial charge is 0.255 e. The summed E-state index contributed by atoms with van der Waals surface area (Å²) in [6, 6.07) is 12.1. The van der Waals surface area contributed by atoms with Crippen LogP contribution < -0.4 is 5.43 Å². The third kappa shape index (κ3) is 5.02. The Morgan fingerprint density at radius 2 is 1.88 bits per heavy atom. The molecule has 2 aromatic rings. The second-order valence-electron chi connectivity index (χ2n) is 5.07. The van der Waals surface area contributed by atoms with Gasteiger partial charge >= 0.3 is 0 Å². The molecule has 0 fully saturated rings. The van der Waals surface area contributed by atoms with Crippen molar-refractivity contribution >= 4 is 33.7 Å². The van der Waals surface area contributed by atoms with Gasteiger partial charge in [-0.15, -0.1) is 0 Å². The monoisotopic (exact) mass is 381 g/mol. The van der Waals surface area contributed by atoms with Crippen molar-refractivity contribution < 1.29 is 18.3 Å². The van der Waals surface area contributed by atoms with Crippen LogP contribution in [0.4, 0.5) is 0 Å². The average molecular weight is 382 g/mol. The van der Waals surface area contributed by atoms with E-state index in [1.807, 2.05) is 0 Å². The molecule has 0 unspecified atom stereocenters. The van der Waals surface area contributed by atoms with E-state index in [1.54, 1.807) is 18.2 Å². The molecule has 2 rings (SSSR count). The summed E-state index contributed by atoms with van der Waals surface area (Å²) in [7, 11) is -2.52. The van der Waals surface area contributed by atoms with Gasteiger partial charge in [-0.1, -0.05) is 23.7 Å². The molecule has 0 bridgehead atoms. The Balaban J connectivity index is 1.97. The van der Waals surface area contributed by atoms with E-state index in [4.69, 9.17) is 11.6 Å². The first-order valence-electron chi connectivity index (χ1n) is 7.12. The fourth-order valence-corrected chi connectivity index (χ4v) is 3.13. The van der Waals surface area contributed by atoms with Crippen molar-refractivity contribution in [2.75, 3.05) is 13.6 Å². The molecule has 7 nitrogen and oxygen atoms in total. The van der Waals surface area contributed by atoms with Gasteiger partial charge < -0.3 is 5.11 Å². The van der Waals surface area contributed by atoms with Gasteiger partial charge in [-0.05, 0) is 36.4 Å². The number of hydrogen-bond acceptors (Lipinski definition) is 5. The molecule has 0 heterocycles. The van der Waals surface area contributed by atoms with Gasteiger partial charge in [0.15, 0.2) is 0 Å². The number of aromatic hydroxyl groups is 1. The first kappa shape index (κ1) is 18.9. The summed E-state index contributed by atoms with van der Waals surface area (Å²) in [6.45, 7) is -0.414. The van der Waals surface area contributed by atoms with Crippen LogP contribution in [0.15, 0.2) is 58.5 Å². The molecular weight excluding hydrogens is 366 g/mol. The fourth-order valence-electron chi connectivity index (χ4n) is 1.88. The lowest BCUT2D eigenvalue weighted by molar-refractivity contribution is -0.121. The van der Waals surface area contributed by atoms with Gasteiger partial charge in [0.2, 0.25) is 10.0 Å². The molecule has 25 heavy (non-hydrogen) atoms. The normalized spacial score (nSPS) is 11.8. The maximum absolute atomic E-state index is 12.4. The largest absolute Gasteiger partial charge is 0.507 e. The number of nitrogens with zero attached hydrogens (tertiary/aromatic N) is 2. The van der Waals surface area contributed by atoms with Crippen molar-refractivity contribution in [3.63, 3.8) is 0 Å². The number of rotatable bonds is 6. The summed E-state index contributed by atoms with van der Waals surface area (Å²) in [5, 5.41) is 13.7. The van der Waals surface area contributed by atoms with Gasteiger partial charge in [-0.3, -0.25) is 4.79 Å². The Bertz CT molecular complexity index is 883. The Kier molecular flexibility index (Phi) is 6.13. The summed E-state index contributed by atoms with van der Waals surface area (Å²) < 4.78 is 25.6. The molecule has 0 aliphatic rings. The topological polar surface area (TPSA) is 99.1 Å². The molecular formula is C16H16ClN3O4S. The van der Waals surface area contributed by atoms with Crippen LogP contribution >= 0.6 is 11.6 Å². The molecule has 0 radical (unpaired) electrons. The van der Waals surface area contributed by atoms with Gasteiger partial charge in [-0.25, -0.2) is 13.8 Å². The van der Waals surface area contributed by atoms with Crippen LogP contribution in [0.3, 0.4) is 0 Å². The molecule has 9 heteroatoms. The number of carbonyl (C=O) groups excluding carboxylic acids is 1. The number of benzene rings is 2. The van der Waals surface area contributed by atoms with Gasteiger partial charge in [-0.2, -0.15) is 9.41 Å². The quantitative estimate of drug-likeness (QED) is 0.588. The number of likely N-dealkylation sites (N-methyl/N-ethyl adjacent to an activating group) is 1. The Hall–Kier alpha value is -2.42. The predicted molar refractivity (Wildman–Crippen MR) is 95.1 cm³/mol. The van der Waals surface area contributed by atoms with Gasteiger partial charge in [0, 0.05) is 17.6 Å². The zero-order valence-corrected chi connectivity index (χ0v) is 14.8. The number of carbonyl (C=O) groups is 1. The molecule has 0 saturated heterocycles. The molecule has 0 atom stereocenters. The van der Waals surface area contributed by atoms with Crippen LogP contribution in [-0.4, -0.2) is 43.5 Å². The molecule has 0 aliphatic heterocycles. The minimum absolute atomic E-state index is 0.0166.